The average molecular weight is 286 g/mol. The Bertz CT molecular complexity index is 740. The van der Waals surface area contributed by atoms with Gasteiger partial charge in [0.15, 0.2) is 0 Å². The van der Waals surface area contributed by atoms with Gasteiger partial charge in [0, 0.05) is 33.7 Å². The highest BCUT2D eigenvalue weighted by Crippen LogP contribution is 2.30. The van der Waals surface area contributed by atoms with Crippen LogP contribution in [0.25, 0.3) is 21.8 Å². The summed E-state index contributed by atoms with van der Waals surface area (Å²) in [6, 6.07) is 15.5. The van der Waals surface area contributed by atoms with E-state index in [1.165, 1.54) is 27.4 Å². The topological polar surface area (TPSA) is 4.93 Å². The average Bonchev–Trinajstić information content (AvgIpc) is 2.78. The second kappa shape index (κ2) is 5.49. The van der Waals surface area contributed by atoms with Crippen LogP contribution in [0.3, 0.4) is 0 Å². The quantitative estimate of drug-likeness (QED) is 0.568. The summed E-state index contributed by atoms with van der Waals surface area (Å²) in [5, 5.41) is 2.95. The number of halogens is 1. The van der Waals surface area contributed by atoms with E-state index < -0.39 is 0 Å². The third kappa shape index (κ3) is 2.31. The van der Waals surface area contributed by atoms with Gasteiger partial charge in [-0.3, -0.25) is 0 Å². The van der Waals surface area contributed by atoms with Gasteiger partial charge in [0.1, 0.15) is 0 Å². The number of fused-ring (bicyclic) bond motifs is 3. The van der Waals surface area contributed by atoms with Gasteiger partial charge in [-0.05, 0) is 50.5 Å². The van der Waals surface area contributed by atoms with Gasteiger partial charge in [-0.2, -0.15) is 0 Å². The summed E-state index contributed by atoms with van der Waals surface area (Å²) in [5.41, 5.74) is 4.04. The van der Waals surface area contributed by atoms with Crippen LogP contribution < -0.4 is 0 Å². The highest BCUT2D eigenvalue weighted by Gasteiger charge is 2.09. The summed E-state index contributed by atoms with van der Waals surface area (Å²) in [6.45, 7) is 5.26. The Morgan fingerprint density at radius 1 is 1.05 bits per heavy atom. The van der Waals surface area contributed by atoms with Gasteiger partial charge in [-0.25, -0.2) is 0 Å². The van der Waals surface area contributed by atoms with Crippen molar-refractivity contribution in [1.82, 2.24) is 4.57 Å². The molecule has 0 saturated heterocycles. The fraction of sp³-hybridized carbons (Fsp3) is 0.333. The number of aromatic nitrogens is 1. The molecular weight excluding hydrogens is 266 g/mol. The van der Waals surface area contributed by atoms with Gasteiger partial charge in [0.05, 0.1) is 0 Å². The van der Waals surface area contributed by atoms with E-state index in [9.17, 15) is 0 Å². The minimum absolute atomic E-state index is 0.239. The van der Waals surface area contributed by atoms with E-state index in [0.29, 0.717) is 0 Å². The molecule has 0 N–H and O–H groups in total. The number of alkyl halides is 1. The van der Waals surface area contributed by atoms with E-state index in [4.69, 9.17) is 11.6 Å². The van der Waals surface area contributed by atoms with E-state index in [1.54, 1.807) is 0 Å². The Labute approximate surface area is 125 Å². The summed E-state index contributed by atoms with van der Waals surface area (Å²) >= 11 is 6.06. The highest BCUT2D eigenvalue weighted by atomic mass is 35.5. The fourth-order valence-corrected chi connectivity index (χ4v) is 3.07. The molecular formula is C18H20ClN. The predicted molar refractivity (Wildman–Crippen MR) is 88.8 cm³/mol. The number of hydrogen-bond donors (Lipinski definition) is 0. The maximum atomic E-state index is 6.06. The number of rotatable bonds is 4. The Morgan fingerprint density at radius 3 is 2.55 bits per heavy atom. The lowest BCUT2D eigenvalue weighted by molar-refractivity contribution is 0.803. The van der Waals surface area contributed by atoms with Crippen LogP contribution in [0.15, 0.2) is 42.5 Å². The first-order chi connectivity index (χ1) is 9.70. The first-order valence-corrected chi connectivity index (χ1v) is 7.78. The molecule has 0 aliphatic carbocycles. The van der Waals surface area contributed by atoms with Crippen LogP contribution in [0, 0.1) is 0 Å². The van der Waals surface area contributed by atoms with Crippen LogP contribution in [0.4, 0.5) is 0 Å². The Hall–Kier alpha value is -1.47. The lowest BCUT2D eigenvalue weighted by Crippen LogP contribution is -1.95. The second-order valence-corrected chi connectivity index (χ2v) is 6.18. The minimum atomic E-state index is 0.239. The van der Waals surface area contributed by atoms with Crippen molar-refractivity contribution >= 4 is 33.4 Å². The predicted octanol–water partition coefficient (Wildman–Crippen LogP) is 5.37. The zero-order chi connectivity index (χ0) is 14.1. The lowest BCUT2D eigenvalue weighted by Gasteiger charge is -2.05. The van der Waals surface area contributed by atoms with Crippen molar-refractivity contribution < 1.29 is 0 Å². The molecule has 0 aliphatic heterocycles. The van der Waals surface area contributed by atoms with Gasteiger partial charge in [0.2, 0.25) is 0 Å². The van der Waals surface area contributed by atoms with Crippen molar-refractivity contribution in [3.63, 3.8) is 0 Å². The van der Waals surface area contributed by atoms with Crippen molar-refractivity contribution in [3.05, 3.63) is 48.0 Å². The first-order valence-electron chi connectivity index (χ1n) is 7.34. The van der Waals surface area contributed by atoms with E-state index in [0.717, 1.165) is 19.4 Å². The molecule has 2 heteroatoms. The van der Waals surface area contributed by atoms with Crippen LogP contribution in [0.5, 0.6) is 0 Å². The summed E-state index contributed by atoms with van der Waals surface area (Å²) in [7, 11) is 0. The number of para-hydroxylation sites is 1. The fourth-order valence-electron chi connectivity index (χ4n) is 2.96. The van der Waals surface area contributed by atoms with E-state index >= 15 is 0 Å². The molecule has 3 rings (SSSR count). The van der Waals surface area contributed by atoms with Crippen molar-refractivity contribution in [2.75, 3.05) is 0 Å². The summed E-state index contributed by atoms with van der Waals surface area (Å²) in [4.78, 5) is 0. The highest BCUT2D eigenvalue weighted by molar-refractivity contribution is 6.20. The summed E-state index contributed by atoms with van der Waals surface area (Å²) < 4.78 is 2.39. The standard InChI is InChI=1S/C18H20ClN/c1-3-20-17-7-5-4-6-15(17)16-12-14(9-8-13(2)19)10-11-18(16)20/h4-7,10-13H,3,8-9H2,1-2H3. The van der Waals surface area contributed by atoms with Crippen LogP contribution in [-0.4, -0.2) is 9.94 Å². The molecule has 0 spiro atoms. The van der Waals surface area contributed by atoms with Crippen LogP contribution in [-0.2, 0) is 13.0 Å². The monoisotopic (exact) mass is 285 g/mol. The Kier molecular flexibility index (Phi) is 3.71. The number of nitrogens with zero attached hydrogens (tertiary/aromatic N) is 1. The van der Waals surface area contributed by atoms with Crippen molar-refractivity contribution in [3.8, 4) is 0 Å². The molecule has 104 valence electrons. The van der Waals surface area contributed by atoms with Crippen LogP contribution >= 0.6 is 11.6 Å². The van der Waals surface area contributed by atoms with Crippen LogP contribution in [0.2, 0.25) is 0 Å². The van der Waals surface area contributed by atoms with Crippen LogP contribution in [0.1, 0.15) is 25.8 Å². The zero-order valence-corrected chi connectivity index (χ0v) is 12.8. The Balaban J connectivity index is 2.16. The molecule has 1 heterocycles. The largest absolute Gasteiger partial charge is 0.341 e. The van der Waals surface area contributed by atoms with Crippen molar-refractivity contribution in [2.24, 2.45) is 0 Å². The molecule has 1 atom stereocenters. The van der Waals surface area contributed by atoms with E-state index in [2.05, 4.69) is 60.9 Å². The first kappa shape index (κ1) is 13.5. The molecule has 0 fully saturated rings. The lowest BCUT2D eigenvalue weighted by atomic mass is 10.0. The van der Waals surface area contributed by atoms with Gasteiger partial charge >= 0.3 is 0 Å². The van der Waals surface area contributed by atoms with Crippen molar-refractivity contribution in [2.45, 2.75) is 38.6 Å². The normalized spacial score (nSPS) is 13.2. The molecule has 3 aromatic rings. The molecule has 0 bridgehead atoms. The van der Waals surface area contributed by atoms with Gasteiger partial charge in [-0.15, -0.1) is 11.6 Å². The third-order valence-electron chi connectivity index (χ3n) is 3.98. The molecule has 0 saturated carbocycles. The number of aryl methyl sites for hydroxylation is 2. The van der Waals surface area contributed by atoms with E-state index in [-0.39, 0.29) is 5.38 Å². The molecule has 1 unspecified atom stereocenters. The zero-order valence-electron chi connectivity index (χ0n) is 12.1. The molecule has 20 heavy (non-hydrogen) atoms. The third-order valence-corrected chi connectivity index (χ3v) is 4.20. The smallest absolute Gasteiger partial charge is 0.0491 e. The van der Waals surface area contributed by atoms with Gasteiger partial charge < -0.3 is 4.57 Å². The minimum Gasteiger partial charge on any atom is -0.341 e. The summed E-state index contributed by atoms with van der Waals surface area (Å²) in [5.74, 6) is 0. The molecule has 1 aromatic heterocycles. The van der Waals surface area contributed by atoms with Crippen molar-refractivity contribution in [1.29, 1.82) is 0 Å². The Morgan fingerprint density at radius 2 is 1.80 bits per heavy atom. The van der Waals surface area contributed by atoms with E-state index in [1.807, 2.05) is 0 Å². The molecule has 1 nitrogen and oxygen atoms in total. The SMILES string of the molecule is CCn1c2ccccc2c2cc(CCC(C)Cl)ccc21. The number of benzene rings is 2. The van der Waals surface area contributed by atoms with Gasteiger partial charge in [-0.1, -0.05) is 24.3 Å². The van der Waals surface area contributed by atoms with Gasteiger partial charge in [0.25, 0.3) is 0 Å². The molecule has 0 amide bonds. The molecule has 2 aromatic carbocycles. The second-order valence-electron chi connectivity index (χ2n) is 5.43. The number of hydrogen-bond acceptors (Lipinski definition) is 0. The maximum absolute atomic E-state index is 6.06. The summed E-state index contributed by atoms with van der Waals surface area (Å²) in [6.07, 6.45) is 2.08. The maximum Gasteiger partial charge on any atom is 0.0491 e. The molecule has 0 radical (unpaired) electrons. The molecule has 0 aliphatic rings.